The van der Waals surface area contributed by atoms with Gasteiger partial charge in [0.1, 0.15) is 12.0 Å². The van der Waals surface area contributed by atoms with Gasteiger partial charge in [0.2, 0.25) is 5.91 Å². The van der Waals surface area contributed by atoms with E-state index in [1.165, 1.54) is 6.07 Å². The second-order valence-corrected chi connectivity index (χ2v) is 4.15. The van der Waals surface area contributed by atoms with Crippen molar-refractivity contribution in [1.29, 1.82) is 0 Å². The molecule has 1 aliphatic heterocycles. The second-order valence-electron chi connectivity index (χ2n) is 4.15. The molecule has 92 valence electrons. The molecule has 1 amide bonds. The molecule has 0 aromatic heterocycles. The van der Waals surface area contributed by atoms with E-state index in [1.807, 2.05) is 6.92 Å². The average Bonchev–Trinajstić information content (AvgIpc) is 2.74. The molecule has 0 aliphatic carbocycles. The summed E-state index contributed by atoms with van der Waals surface area (Å²) in [5.41, 5.74) is 0.591. The van der Waals surface area contributed by atoms with E-state index in [-0.39, 0.29) is 18.0 Å². The summed E-state index contributed by atoms with van der Waals surface area (Å²) in [5.74, 6) is -0.218. The number of halogens is 1. The fraction of sp³-hybridized carbons (Fsp3) is 0.462. The first-order chi connectivity index (χ1) is 8.18. The normalized spacial score (nSPS) is 19.6. The standard InChI is InChI=1S/C13H16FNO2/c1-10-15(8-9-17-10)13(16)7-6-11-4-2-3-5-12(11)14/h2-5,10H,6-9H2,1H3. The number of benzene rings is 1. The zero-order valence-corrected chi connectivity index (χ0v) is 9.86. The van der Waals surface area contributed by atoms with Crippen molar-refractivity contribution in [2.24, 2.45) is 0 Å². The van der Waals surface area contributed by atoms with E-state index in [9.17, 15) is 9.18 Å². The molecule has 1 unspecified atom stereocenters. The van der Waals surface area contributed by atoms with Gasteiger partial charge in [0, 0.05) is 13.0 Å². The van der Waals surface area contributed by atoms with Gasteiger partial charge in [-0.15, -0.1) is 0 Å². The first-order valence-electron chi connectivity index (χ1n) is 5.83. The van der Waals surface area contributed by atoms with E-state index in [1.54, 1.807) is 23.1 Å². The lowest BCUT2D eigenvalue weighted by Gasteiger charge is -2.19. The Labute approximate surface area is 100 Å². The van der Waals surface area contributed by atoms with Crippen LogP contribution in [0.5, 0.6) is 0 Å². The molecule has 0 N–H and O–H groups in total. The van der Waals surface area contributed by atoms with Crippen molar-refractivity contribution < 1.29 is 13.9 Å². The van der Waals surface area contributed by atoms with Crippen LogP contribution in [0.15, 0.2) is 24.3 Å². The van der Waals surface area contributed by atoms with Crippen LogP contribution in [-0.2, 0) is 16.0 Å². The van der Waals surface area contributed by atoms with Crippen LogP contribution in [0.4, 0.5) is 4.39 Å². The van der Waals surface area contributed by atoms with Gasteiger partial charge in [-0.05, 0) is 25.0 Å². The van der Waals surface area contributed by atoms with Crippen molar-refractivity contribution in [2.45, 2.75) is 26.0 Å². The smallest absolute Gasteiger partial charge is 0.225 e. The maximum atomic E-state index is 13.3. The van der Waals surface area contributed by atoms with Crippen molar-refractivity contribution in [3.63, 3.8) is 0 Å². The van der Waals surface area contributed by atoms with Gasteiger partial charge >= 0.3 is 0 Å². The van der Waals surface area contributed by atoms with Gasteiger partial charge in [0.25, 0.3) is 0 Å². The third-order valence-corrected chi connectivity index (χ3v) is 3.02. The first kappa shape index (κ1) is 12.0. The number of rotatable bonds is 3. The Hall–Kier alpha value is -1.42. The van der Waals surface area contributed by atoms with E-state index in [2.05, 4.69) is 0 Å². The summed E-state index contributed by atoms with van der Waals surface area (Å²) in [6, 6.07) is 6.56. The Balaban J connectivity index is 1.90. The summed E-state index contributed by atoms with van der Waals surface area (Å²) in [4.78, 5) is 13.6. The molecule has 17 heavy (non-hydrogen) atoms. The third-order valence-electron chi connectivity index (χ3n) is 3.02. The van der Waals surface area contributed by atoms with Gasteiger partial charge in [-0.1, -0.05) is 18.2 Å². The fourth-order valence-electron chi connectivity index (χ4n) is 2.01. The maximum Gasteiger partial charge on any atom is 0.225 e. The Morgan fingerprint density at radius 2 is 2.29 bits per heavy atom. The Kier molecular flexibility index (Phi) is 3.74. The fourth-order valence-corrected chi connectivity index (χ4v) is 2.01. The minimum Gasteiger partial charge on any atom is -0.357 e. The molecule has 0 saturated carbocycles. The van der Waals surface area contributed by atoms with Gasteiger partial charge < -0.3 is 9.64 Å². The van der Waals surface area contributed by atoms with E-state index in [0.717, 1.165) is 0 Å². The molecule has 0 bridgehead atoms. The first-order valence-corrected chi connectivity index (χ1v) is 5.83. The summed E-state index contributed by atoms with van der Waals surface area (Å²) >= 11 is 0. The van der Waals surface area contributed by atoms with E-state index >= 15 is 0 Å². The number of hydrogen-bond donors (Lipinski definition) is 0. The second kappa shape index (κ2) is 5.27. The zero-order valence-electron chi connectivity index (χ0n) is 9.86. The quantitative estimate of drug-likeness (QED) is 0.804. The molecule has 3 nitrogen and oxygen atoms in total. The summed E-state index contributed by atoms with van der Waals surface area (Å²) < 4.78 is 18.6. The molecule has 4 heteroatoms. The van der Waals surface area contributed by atoms with Gasteiger partial charge in [-0.3, -0.25) is 4.79 Å². The molecule has 1 saturated heterocycles. The number of nitrogens with zero attached hydrogens (tertiary/aromatic N) is 1. The van der Waals surface area contributed by atoms with Gasteiger partial charge in [0.15, 0.2) is 0 Å². The third kappa shape index (κ3) is 2.82. The van der Waals surface area contributed by atoms with E-state index < -0.39 is 0 Å². The lowest BCUT2D eigenvalue weighted by Crippen LogP contribution is -2.34. The minimum atomic E-state index is -0.244. The zero-order chi connectivity index (χ0) is 12.3. The van der Waals surface area contributed by atoms with Crippen molar-refractivity contribution in [1.82, 2.24) is 4.90 Å². The highest BCUT2D eigenvalue weighted by atomic mass is 19.1. The molecular formula is C13H16FNO2. The molecule has 1 atom stereocenters. The monoisotopic (exact) mass is 237 g/mol. The lowest BCUT2D eigenvalue weighted by molar-refractivity contribution is -0.135. The van der Waals surface area contributed by atoms with Crippen LogP contribution in [0.3, 0.4) is 0 Å². The molecule has 1 heterocycles. The summed E-state index contributed by atoms with van der Waals surface area (Å²) in [6.45, 7) is 3.08. The number of ether oxygens (including phenoxy) is 1. The summed E-state index contributed by atoms with van der Waals surface area (Å²) in [5, 5.41) is 0. The van der Waals surface area contributed by atoms with Crippen LogP contribution in [0.2, 0.25) is 0 Å². The molecule has 0 radical (unpaired) electrons. The Bertz CT molecular complexity index is 408. The number of carbonyl (C=O) groups excluding carboxylic acids is 1. The van der Waals surface area contributed by atoms with Crippen LogP contribution in [0, 0.1) is 5.82 Å². The van der Waals surface area contributed by atoms with Crippen LogP contribution in [0.25, 0.3) is 0 Å². The number of hydrogen-bond acceptors (Lipinski definition) is 2. The molecule has 1 aromatic rings. The summed E-state index contributed by atoms with van der Waals surface area (Å²) in [7, 11) is 0. The SMILES string of the molecule is CC1OCCN1C(=O)CCc1ccccc1F. The topological polar surface area (TPSA) is 29.5 Å². The van der Waals surface area contributed by atoms with Crippen LogP contribution < -0.4 is 0 Å². The highest BCUT2D eigenvalue weighted by molar-refractivity contribution is 5.76. The van der Waals surface area contributed by atoms with Gasteiger partial charge in [-0.2, -0.15) is 0 Å². The van der Waals surface area contributed by atoms with Crippen molar-refractivity contribution in [2.75, 3.05) is 13.2 Å². The van der Waals surface area contributed by atoms with E-state index in [4.69, 9.17) is 4.74 Å². The maximum absolute atomic E-state index is 13.3. The molecule has 1 aromatic carbocycles. The van der Waals surface area contributed by atoms with Gasteiger partial charge in [-0.25, -0.2) is 4.39 Å². The summed E-state index contributed by atoms with van der Waals surface area (Å²) in [6.07, 6.45) is 0.617. The Morgan fingerprint density at radius 3 is 2.94 bits per heavy atom. The predicted molar refractivity (Wildman–Crippen MR) is 61.8 cm³/mol. The number of aryl methyl sites for hydroxylation is 1. The van der Waals surface area contributed by atoms with Crippen molar-refractivity contribution >= 4 is 5.91 Å². The number of amides is 1. The molecule has 1 aliphatic rings. The molecule has 1 fully saturated rings. The highest BCUT2D eigenvalue weighted by Crippen LogP contribution is 2.14. The Morgan fingerprint density at radius 1 is 1.53 bits per heavy atom. The molecule has 0 spiro atoms. The van der Waals surface area contributed by atoms with Crippen LogP contribution in [0.1, 0.15) is 18.9 Å². The predicted octanol–water partition coefficient (Wildman–Crippen LogP) is 1.96. The van der Waals surface area contributed by atoms with Crippen molar-refractivity contribution in [3.8, 4) is 0 Å². The van der Waals surface area contributed by atoms with Crippen LogP contribution >= 0.6 is 0 Å². The molecular weight excluding hydrogens is 221 g/mol. The number of carbonyl (C=O) groups is 1. The highest BCUT2D eigenvalue weighted by Gasteiger charge is 2.25. The van der Waals surface area contributed by atoms with Crippen LogP contribution in [-0.4, -0.2) is 30.2 Å². The van der Waals surface area contributed by atoms with E-state index in [0.29, 0.717) is 31.6 Å². The lowest BCUT2D eigenvalue weighted by atomic mass is 10.1. The largest absolute Gasteiger partial charge is 0.357 e. The van der Waals surface area contributed by atoms with Crippen molar-refractivity contribution in [3.05, 3.63) is 35.6 Å². The molecule has 2 rings (SSSR count). The van der Waals surface area contributed by atoms with Gasteiger partial charge in [0.05, 0.1) is 6.61 Å². The average molecular weight is 237 g/mol. The minimum absolute atomic E-state index is 0.0262.